The van der Waals surface area contributed by atoms with Crippen LogP contribution in [0.5, 0.6) is 0 Å². The first-order chi connectivity index (χ1) is 14.7. The molecule has 0 unspecified atom stereocenters. The molecule has 7 nitrogen and oxygen atoms in total. The van der Waals surface area contributed by atoms with E-state index in [9.17, 15) is 9.59 Å². The highest BCUT2D eigenvalue weighted by molar-refractivity contribution is 6.21. The smallest absolute Gasteiger partial charge is 0.261 e. The number of imide groups is 1. The number of likely N-dealkylation sites (tertiary alicyclic amines) is 1. The summed E-state index contributed by atoms with van der Waals surface area (Å²) < 4.78 is 2.08. The van der Waals surface area contributed by atoms with Crippen molar-refractivity contribution >= 4 is 22.8 Å². The molecular weight excluding hydrogens is 378 g/mol. The average Bonchev–Trinajstić information content (AvgIpc) is 3.32. The van der Waals surface area contributed by atoms with Crippen LogP contribution in [0.1, 0.15) is 52.4 Å². The summed E-state index contributed by atoms with van der Waals surface area (Å²) in [6, 6.07) is 15.6. The van der Waals surface area contributed by atoms with E-state index in [-0.39, 0.29) is 11.8 Å². The first kappa shape index (κ1) is 18.9. The molecule has 0 atom stereocenters. The maximum absolute atomic E-state index is 12.4. The van der Waals surface area contributed by atoms with Gasteiger partial charge in [-0.1, -0.05) is 29.5 Å². The molecule has 0 saturated carbocycles. The lowest BCUT2D eigenvalue weighted by molar-refractivity contribution is 0.0649. The first-order valence-corrected chi connectivity index (χ1v) is 10.7. The predicted molar refractivity (Wildman–Crippen MR) is 113 cm³/mol. The standard InChI is InChI=1S/C23H25N5O2/c29-22-18-7-1-2-8-19(18)23(30)27(22)14-6-5-13-26-15-11-17(12-16-26)28-21-10-4-3-9-20(21)24-25-28/h1-4,7-10,17H,5-6,11-16H2. The Balaban J connectivity index is 1.08. The molecule has 1 saturated heterocycles. The van der Waals surface area contributed by atoms with Crippen LogP contribution in [-0.2, 0) is 0 Å². The Morgan fingerprint density at radius 3 is 2.20 bits per heavy atom. The number of carbonyl (C=O) groups is 2. The highest BCUT2D eigenvalue weighted by Gasteiger charge is 2.34. The zero-order valence-corrected chi connectivity index (χ0v) is 16.9. The van der Waals surface area contributed by atoms with Crippen LogP contribution in [0.4, 0.5) is 0 Å². The molecule has 3 aromatic rings. The summed E-state index contributed by atoms with van der Waals surface area (Å²) in [7, 11) is 0. The van der Waals surface area contributed by atoms with Crippen molar-refractivity contribution in [2.75, 3.05) is 26.2 Å². The third kappa shape index (κ3) is 3.39. The van der Waals surface area contributed by atoms with Crippen molar-refractivity contribution in [2.45, 2.75) is 31.7 Å². The number of benzene rings is 2. The van der Waals surface area contributed by atoms with E-state index in [0.717, 1.165) is 56.4 Å². The van der Waals surface area contributed by atoms with Crippen LogP contribution >= 0.6 is 0 Å². The van der Waals surface area contributed by atoms with Crippen molar-refractivity contribution in [3.63, 3.8) is 0 Å². The van der Waals surface area contributed by atoms with Crippen molar-refractivity contribution in [1.29, 1.82) is 0 Å². The Hall–Kier alpha value is -3.06. The summed E-state index contributed by atoms with van der Waals surface area (Å²) in [6.45, 7) is 3.56. The number of piperidine rings is 1. The van der Waals surface area contributed by atoms with Crippen LogP contribution in [0, 0.1) is 0 Å². The summed E-state index contributed by atoms with van der Waals surface area (Å²) in [6.07, 6.45) is 3.93. The Bertz CT molecular complexity index is 1050. The molecule has 5 rings (SSSR count). The van der Waals surface area contributed by atoms with Gasteiger partial charge in [-0.05, 0) is 56.5 Å². The number of fused-ring (bicyclic) bond motifs is 2. The van der Waals surface area contributed by atoms with Gasteiger partial charge in [0.05, 0.1) is 22.7 Å². The number of hydrogen-bond acceptors (Lipinski definition) is 5. The molecule has 30 heavy (non-hydrogen) atoms. The number of aromatic nitrogens is 3. The second-order valence-corrected chi connectivity index (χ2v) is 8.11. The van der Waals surface area contributed by atoms with E-state index in [1.165, 1.54) is 4.90 Å². The van der Waals surface area contributed by atoms with Crippen LogP contribution in [0.25, 0.3) is 11.0 Å². The molecule has 2 aliphatic rings. The molecule has 2 aromatic carbocycles. The molecular formula is C23H25N5O2. The number of rotatable bonds is 6. The normalized spacial score (nSPS) is 17.8. The van der Waals surface area contributed by atoms with Crippen molar-refractivity contribution < 1.29 is 9.59 Å². The van der Waals surface area contributed by atoms with E-state index in [1.807, 2.05) is 18.2 Å². The highest BCUT2D eigenvalue weighted by Crippen LogP contribution is 2.26. The number of unbranched alkanes of at least 4 members (excludes halogenated alkanes) is 1. The van der Waals surface area contributed by atoms with E-state index >= 15 is 0 Å². The van der Waals surface area contributed by atoms with Crippen molar-refractivity contribution in [3.8, 4) is 0 Å². The minimum atomic E-state index is -0.156. The van der Waals surface area contributed by atoms with Crippen LogP contribution < -0.4 is 0 Å². The summed E-state index contributed by atoms with van der Waals surface area (Å²) in [5.74, 6) is -0.312. The Kier molecular flexibility index (Phi) is 5.04. The average molecular weight is 403 g/mol. The SMILES string of the molecule is O=C1c2ccccc2C(=O)N1CCCCN1CCC(n2nnc3ccccc32)CC1. The molecule has 0 bridgehead atoms. The summed E-state index contributed by atoms with van der Waals surface area (Å²) in [5, 5.41) is 8.65. The lowest BCUT2D eigenvalue weighted by Gasteiger charge is -2.32. The van der Waals surface area contributed by atoms with Gasteiger partial charge in [0, 0.05) is 19.6 Å². The van der Waals surface area contributed by atoms with E-state index in [1.54, 1.807) is 24.3 Å². The van der Waals surface area contributed by atoms with Crippen molar-refractivity contribution in [3.05, 3.63) is 59.7 Å². The largest absolute Gasteiger partial charge is 0.303 e. The van der Waals surface area contributed by atoms with E-state index in [2.05, 4.69) is 26.0 Å². The van der Waals surface area contributed by atoms with E-state index in [4.69, 9.17) is 0 Å². The van der Waals surface area contributed by atoms with Crippen LogP contribution in [-0.4, -0.2) is 62.8 Å². The molecule has 154 valence electrons. The maximum atomic E-state index is 12.4. The topological polar surface area (TPSA) is 71.3 Å². The number of carbonyl (C=O) groups excluding carboxylic acids is 2. The molecule has 7 heteroatoms. The summed E-state index contributed by atoms with van der Waals surface area (Å²) in [5.41, 5.74) is 3.13. The van der Waals surface area contributed by atoms with E-state index in [0.29, 0.717) is 23.7 Å². The Morgan fingerprint density at radius 2 is 1.47 bits per heavy atom. The van der Waals surface area contributed by atoms with Crippen LogP contribution in [0.15, 0.2) is 48.5 Å². The second kappa shape index (κ2) is 7.99. The van der Waals surface area contributed by atoms with Gasteiger partial charge in [-0.2, -0.15) is 0 Å². The van der Waals surface area contributed by atoms with Crippen LogP contribution in [0.3, 0.4) is 0 Å². The van der Waals surface area contributed by atoms with Gasteiger partial charge in [0.1, 0.15) is 5.52 Å². The number of para-hydroxylation sites is 1. The maximum Gasteiger partial charge on any atom is 0.261 e. The molecule has 2 aliphatic heterocycles. The Labute approximate surface area is 175 Å². The fourth-order valence-electron chi connectivity index (χ4n) is 4.59. The summed E-state index contributed by atoms with van der Waals surface area (Å²) in [4.78, 5) is 28.7. The molecule has 3 heterocycles. The highest BCUT2D eigenvalue weighted by atomic mass is 16.2. The molecule has 0 radical (unpaired) electrons. The number of nitrogens with zero attached hydrogens (tertiary/aromatic N) is 5. The zero-order valence-electron chi connectivity index (χ0n) is 16.9. The van der Waals surface area contributed by atoms with Gasteiger partial charge < -0.3 is 4.90 Å². The quantitative estimate of drug-likeness (QED) is 0.467. The first-order valence-electron chi connectivity index (χ1n) is 10.7. The van der Waals surface area contributed by atoms with Gasteiger partial charge in [-0.25, -0.2) is 4.68 Å². The number of hydrogen-bond donors (Lipinski definition) is 0. The minimum absolute atomic E-state index is 0.156. The monoisotopic (exact) mass is 403 g/mol. The lowest BCUT2D eigenvalue weighted by Crippen LogP contribution is -2.36. The molecule has 1 aromatic heterocycles. The lowest BCUT2D eigenvalue weighted by atomic mass is 10.0. The third-order valence-corrected chi connectivity index (χ3v) is 6.26. The fraction of sp³-hybridized carbons (Fsp3) is 0.391. The fourth-order valence-corrected chi connectivity index (χ4v) is 4.59. The van der Waals surface area contributed by atoms with E-state index < -0.39 is 0 Å². The van der Waals surface area contributed by atoms with Gasteiger partial charge in [0.25, 0.3) is 11.8 Å². The van der Waals surface area contributed by atoms with Crippen LogP contribution in [0.2, 0.25) is 0 Å². The second-order valence-electron chi connectivity index (χ2n) is 8.11. The van der Waals surface area contributed by atoms with Crippen molar-refractivity contribution in [2.24, 2.45) is 0 Å². The molecule has 0 N–H and O–H groups in total. The predicted octanol–water partition coefficient (Wildman–Crippen LogP) is 3.14. The zero-order chi connectivity index (χ0) is 20.5. The van der Waals surface area contributed by atoms with Gasteiger partial charge in [-0.3, -0.25) is 14.5 Å². The van der Waals surface area contributed by atoms with Gasteiger partial charge in [0.2, 0.25) is 0 Å². The van der Waals surface area contributed by atoms with Gasteiger partial charge >= 0.3 is 0 Å². The third-order valence-electron chi connectivity index (χ3n) is 6.26. The van der Waals surface area contributed by atoms with Gasteiger partial charge in [-0.15, -0.1) is 5.10 Å². The molecule has 1 fully saturated rings. The molecule has 2 amide bonds. The molecule has 0 spiro atoms. The minimum Gasteiger partial charge on any atom is -0.303 e. The Morgan fingerprint density at radius 1 is 0.833 bits per heavy atom. The number of amides is 2. The van der Waals surface area contributed by atoms with Gasteiger partial charge in [0.15, 0.2) is 0 Å². The molecule has 0 aliphatic carbocycles. The summed E-state index contributed by atoms with van der Waals surface area (Å²) >= 11 is 0. The van der Waals surface area contributed by atoms with Crippen molar-refractivity contribution in [1.82, 2.24) is 24.8 Å².